The smallest absolute Gasteiger partial charge is 0.256 e. The minimum Gasteiger partial charge on any atom is -0.398 e. The van der Waals surface area contributed by atoms with Crippen molar-refractivity contribution < 1.29 is 4.79 Å². The molecule has 0 aromatic carbocycles. The third-order valence-electron chi connectivity index (χ3n) is 1.59. The summed E-state index contributed by atoms with van der Waals surface area (Å²) >= 11 is 5.76. The van der Waals surface area contributed by atoms with E-state index in [1.54, 1.807) is 13.0 Å². The van der Waals surface area contributed by atoms with Crippen LogP contribution in [0.15, 0.2) is 6.07 Å². The van der Waals surface area contributed by atoms with Gasteiger partial charge in [0.15, 0.2) is 0 Å². The summed E-state index contributed by atoms with van der Waals surface area (Å²) in [5, 5.41) is 2.57. The molecule has 0 aliphatic heterocycles. The van der Waals surface area contributed by atoms with Gasteiger partial charge in [0.05, 0.1) is 5.56 Å². The normalized spacial score (nSPS) is 8.87. The van der Waals surface area contributed by atoms with Crippen LogP contribution in [0.3, 0.4) is 0 Å². The largest absolute Gasteiger partial charge is 0.398 e. The minimum absolute atomic E-state index is 0.136. The predicted octanol–water partition coefficient (Wildman–Crippen LogP) is 2.01. The number of nitrogens with one attached hydrogen (secondary N) is 1. The number of nitrogens with zero attached hydrogens (tertiary/aromatic N) is 1. The number of nitrogen functional groups attached to an aromatic ring is 1. The molecule has 1 heterocycles. The molecule has 0 aliphatic carbocycles. The van der Waals surface area contributed by atoms with E-state index in [2.05, 4.69) is 10.3 Å². The monoisotopic (exact) mass is 229 g/mol. The van der Waals surface area contributed by atoms with Gasteiger partial charge in [0.1, 0.15) is 5.15 Å². The van der Waals surface area contributed by atoms with Gasteiger partial charge < -0.3 is 11.1 Å². The summed E-state index contributed by atoms with van der Waals surface area (Å²) in [6.45, 7) is 5.76. The SMILES string of the molecule is CC.CNC(=O)c1c(N)cc(C)nc1Cl. The summed E-state index contributed by atoms with van der Waals surface area (Å²) in [6.07, 6.45) is 0. The highest BCUT2D eigenvalue weighted by Crippen LogP contribution is 2.20. The zero-order chi connectivity index (χ0) is 12.0. The van der Waals surface area contributed by atoms with Crippen LogP contribution in [0.1, 0.15) is 29.9 Å². The third-order valence-corrected chi connectivity index (χ3v) is 1.86. The van der Waals surface area contributed by atoms with Crippen molar-refractivity contribution in [1.82, 2.24) is 10.3 Å². The van der Waals surface area contributed by atoms with Crippen LogP contribution < -0.4 is 11.1 Å². The Balaban J connectivity index is 0.000000921. The molecule has 84 valence electrons. The highest BCUT2D eigenvalue weighted by Gasteiger charge is 2.14. The Labute approximate surface area is 94.8 Å². The Kier molecular flexibility index (Phi) is 5.70. The lowest BCUT2D eigenvalue weighted by molar-refractivity contribution is 0.0964. The molecule has 0 radical (unpaired) electrons. The molecule has 1 aromatic heterocycles. The molecular weight excluding hydrogens is 214 g/mol. The lowest BCUT2D eigenvalue weighted by Gasteiger charge is -2.06. The summed E-state index contributed by atoms with van der Waals surface area (Å²) in [5.74, 6) is -0.324. The lowest BCUT2D eigenvalue weighted by atomic mass is 10.2. The molecule has 4 nitrogen and oxygen atoms in total. The van der Waals surface area contributed by atoms with Crippen LogP contribution in [0, 0.1) is 6.92 Å². The minimum atomic E-state index is -0.324. The van der Waals surface area contributed by atoms with Crippen LogP contribution in [0.2, 0.25) is 5.15 Å². The zero-order valence-corrected chi connectivity index (χ0v) is 10.1. The molecule has 5 heteroatoms. The maximum absolute atomic E-state index is 11.3. The van der Waals surface area contributed by atoms with E-state index < -0.39 is 0 Å². The summed E-state index contributed by atoms with van der Waals surface area (Å²) in [6, 6.07) is 1.61. The summed E-state index contributed by atoms with van der Waals surface area (Å²) in [7, 11) is 1.51. The van der Waals surface area contributed by atoms with Crippen LogP contribution in [-0.2, 0) is 0 Å². The fourth-order valence-electron chi connectivity index (χ4n) is 1.01. The number of pyridine rings is 1. The van der Waals surface area contributed by atoms with E-state index in [1.807, 2.05) is 13.8 Å². The molecule has 1 rings (SSSR count). The number of hydrogen-bond donors (Lipinski definition) is 2. The lowest BCUT2D eigenvalue weighted by Crippen LogP contribution is -2.20. The average Bonchev–Trinajstić information content (AvgIpc) is 2.19. The van der Waals surface area contributed by atoms with Crippen molar-refractivity contribution in [1.29, 1.82) is 0 Å². The molecule has 0 saturated carbocycles. The van der Waals surface area contributed by atoms with E-state index in [1.165, 1.54) is 7.05 Å². The van der Waals surface area contributed by atoms with Gasteiger partial charge in [-0.05, 0) is 13.0 Å². The Bertz CT molecular complexity index is 330. The number of carbonyl (C=O) groups is 1. The topological polar surface area (TPSA) is 68.0 Å². The van der Waals surface area contributed by atoms with Gasteiger partial charge in [-0.25, -0.2) is 4.98 Å². The molecule has 0 unspecified atom stereocenters. The molecule has 0 spiro atoms. The van der Waals surface area contributed by atoms with E-state index in [4.69, 9.17) is 17.3 Å². The van der Waals surface area contributed by atoms with Crippen LogP contribution >= 0.6 is 11.6 Å². The number of carbonyl (C=O) groups excluding carboxylic acids is 1. The number of amides is 1. The molecule has 1 amide bonds. The van der Waals surface area contributed by atoms with Crippen molar-refractivity contribution in [3.05, 3.63) is 22.5 Å². The Morgan fingerprint density at radius 1 is 1.53 bits per heavy atom. The van der Waals surface area contributed by atoms with Gasteiger partial charge in [0, 0.05) is 18.4 Å². The van der Waals surface area contributed by atoms with Crippen LogP contribution in [0.25, 0.3) is 0 Å². The van der Waals surface area contributed by atoms with Crippen molar-refractivity contribution >= 4 is 23.2 Å². The predicted molar refractivity (Wildman–Crippen MR) is 63.1 cm³/mol. The van der Waals surface area contributed by atoms with Gasteiger partial charge >= 0.3 is 0 Å². The fourth-order valence-corrected chi connectivity index (χ4v) is 1.34. The average molecular weight is 230 g/mol. The number of rotatable bonds is 1. The van der Waals surface area contributed by atoms with Crippen molar-refractivity contribution in [2.45, 2.75) is 20.8 Å². The number of anilines is 1. The second kappa shape index (κ2) is 6.24. The second-order valence-electron chi connectivity index (χ2n) is 2.60. The van der Waals surface area contributed by atoms with Crippen LogP contribution in [0.5, 0.6) is 0 Å². The number of hydrogen-bond acceptors (Lipinski definition) is 3. The summed E-state index contributed by atoms with van der Waals surface area (Å²) in [4.78, 5) is 15.2. The molecule has 15 heavy (non-hydrogen) atoms. The second-order valence-corrected chi connectivity index (χ2v) is 2.96. The summed E-state index contributed by atoms with van der Waals surface area (Å²) in [5.41, 5.74) is 6.88. The maximum Gasteiger partial charge on any atom is 0.256 e. The van der Waals surface area contributed by atoms with Gasteiger partial charge in [-0.2, -0.15) is 0 Å². The first kappa shape index (κ1) is 13.7. The first-order valence-electron chi connectivity index (χ1n) is 4.71. The Morgan fingerprint density at radius 3 is 2.47 bits per heavy atom. The molecule has 0 bridgehead atoms. The zero-order valence-electron chi connectivity index (χ0n) is 9.39. The van der Waals surface area contributed by atoms with Gasteiger partial charge in [-0.3, -0.25) is 4.79 Å². The number of halogens is 1. The van der Waals surface area contributed by atoms with Gasteiger partial charge in [-0.1, -0.05) is 25.4 Å². The molecule has 3 N–H and O–H groups in total. The van der Waals surface area contributed by atoms with E-state index in [9.17, 15) is 4.79 Å². The first-order chi connectivity index (χ1) is 7.06. The molecule has 0 aliphatic rings. The van der Waals surface area contributed by atoms with Gasteiger partial charge in [0.25, 0.3) is 5.91 Å². The van der Waals surface area contributed by atoms with Gasteiger partial charge in [-0.15, -0.1) is 0 Å². The molecule has 0 saturated heterocycles. The van der Waals surface area contributed by atoms with Crippen molar-refractivity contribution in [3.63, 3.8) is 0 Å². The van der Waals surface area contributed by atoms with Crippen LogP contribution in [0.4, 0.5) is 5.69 Å². The van der Waals surface area contributed by atoms with E-state index in [-0.39, 0.29) is 16.6 Å². The Hall–Kier alpha value is -1.29. The van der Waals surface area contributed by atoms with Crippen molar-refractivity contribution in [3.8, 4) is 0 Å². The highest BCUT2D eigenvalue weighted by atomic mass is 35.5. The fraction of sp³-hybridized carbons (Fsp3) is 0.400. The standard InChI is InChI=1S/C8H10ClN3O.C2H6/c1-4-3-5(10)6(7(9)12-4)8(13)11-2;1-2/h3H,1-2H3,(H2,10,12)(H,11,13);1-2H3. The van der Waals surface area contributed by atoms with Crippen molar-refractivity contribution in [2.24, 2.45) is 0 Å². The number of aryl methyl sites for hydroxylation is 1. The molecule has 0 fully saturated rings. The molecule has 1 aromatic rings. The van der Waals surface area contributed by atoms with Crippen molar-refractivity contribution in [2.75, 3.05) is 12.8 Å². The summed E-state index contributed by atoms with van der Waals surface area (Å²) < 4.78 is 0. The molecule has 0 atom stereocenters. The number of aromatic nitrogens is 1. The number of nitrogens with two attached hydrogens (primary N) is 1. The molecular formula is C10H16ClN3O. The quantitative estimate of drug-likeness (QED) is 0.724. The van der Waals surface area contributed by atoms with E-state index in [0.29, 0.717) is 11.4 Å². The van der Waals surface area contributed by atoms with Crippen LogP contribution in [-0.4, -0.2) is 17.9 Å². The van der Waals surface area contributed by atoms with E-state index >= 15 is 0 Å². The van der Waals surface area contributed by atoms with E-state index in [0.717, 1.165) is 0 Å². The first-order valence-corrected chi connectivity index (χ1v) is 5.08. The Morgan fingerprint density at radius 2 is 2.07 bits per heavy atom. The van der Waals surface area contributed by atoms with Gasteiger partial charge in [0.2, 0.25) is 0 Å². The third kappa shape index (κ3) is 3.40. The highest BCUT2D eigenvalue weighted by molar-refractivity contribution is 6.33. The maximum atomic E-state index is 11.3.